The minimum atomic E-state index is -3.74. The standard InChI is InChI=1S/C13H6Cl6O2S/c1-22(20,21)13-10(17)8(9(16)11(18)12(13)19)6-4-5(14)2-3-7(6)15/h2-4H,1H3. The summed E-state index contributed by atoms with van der Waals surface area (Å²) in [7, 11) is -3.74. The van der Waals surface area contributed by atoms with Crippen LogP contribution in [0.15, 0.2) is 23.1 Å². The molecule has 0 aliphatic heterocycles. The van der Waals surface area contributed by atoms with Crippen LogP contribution < -0.4 is 0 Å². The molecule has 0 N–H and O–H groups in total. The molecule has 9 heteroatoms. The van der Waals surface area contributed by atoms with Crippen LogP contribution in [-0.4, -0.2) is 14.7 Å². The van der Waals surface area contributed by atoms with E-state index >= 15 is 0 Å². The first-order valence-corrected chi connectivity index (χ1v) is 9.73. The molecule has 0 unspecified atom stereocenters. The SMILES string of the molecule is CS(=O)(=O)c1c(Cl)c(Cl)c(Cl)c(-c2cc(Cl)ccc2Cl)c1Cl. The van der Waals surface area contributed by atoms with E-state index in [0.29, 0.717) is 10.6 Å². The molecule has 118 valence electrons. The summed E-state index contributed by atoms with van der Waals surface area (Å²) in [6.45, 7) is 0. The van der Waals surface area contributed by atoms with E-state index in [4.69, 9.17) is 69.6 Å². The second-order valence-electron chi connectivity index (χ2n) is 4.36. The van der Waals surface area contributed by atoms with Crippen LogP contribution in [-0.2, 0) is 9.84 Å². The molecule has 2 aromatic rings. The van der Waals surface area contributed by atoms with Crippen LogP contribution in [0.1, 0.15) is 0 Å². The monoisotopic (exact) mass is 436 g/mol. The van der Waals surface area contributed by atoms with Gasteiger partial charge in [0.15, 0.2) is 9.84 Å². The van der Waals surface area contributed by atoms with Gasteiger partial charge < -0.3 is 0 Å². The van der Waals surface area contributed by atoms with Crippen LogP contribution in [0.2, 0.25) is 30.1 Å². The molecule has 0 aliphatic rings. The molecule has 2 nitrogen and oxygen atoms in total. The Kier molecular flexibility index (Phi) is 5.51. The normalized spacial score (nSPS) is 11.8. The number of halogens is 6. The Morgan fingerprint density at radius 2 is 1.41 bits per heavy atom. The highest BCUT2D eigenvalue weighted by Crippen LogP contribution is 2.49. The van der Waals surface area contributed by atoms with Crippen molar-refractivity contribution in [3.63, 3.8) is 0 Å². The van der Waals surface area contributed by atoms with Crippen molar-refractivity contribution >= 4 is 79.4 Å². The average Bonchev–Trinajstić information content (AvgIpc) is 2.39. The third-order valence-electron chi connectivity index (χ3n) is 2.79. The van der Waals surface area contributed by atoms with Gasteiger partial charge in [0.1, 0.15) is 4.90 Å². The van der Waals surface area contributed by atoms with Crippen molar-refractivity contribution in [1.82, 2.24) is 0 Å². The highest BCUT2D eigenvalue weighted by molar-refractivity contribution is 7.91. The van der Waals surface area contributed by atoms with Gasteiger partial charge in [-0.3, -0.25) is 0 Å². The summed E-state index contributed by atoms with van der Waals surface area (Å²) in [6, 6.07) is 4.62. The summed E-state index contributed by atoms with van der Waals surface area (Å²) in [5.74, 6) is 0. The zero-order chi connectivity index (χ0) is 16.8. The summed E-state index contributed by atoms with van der Waals surface area (Å²) in [4.78, 5) is -0.309. The molecule has 0 saturated carbocycles. The molecule has 2 rings (SSSR count). The summed E-state index contributed by atoms with van der Waals surface area (Å²) in [5.41, 5.74) is 0.512. The van der Waals surface area contributed by atoms with Crippen LogP contribution in [0, 0.1) is 0 Å². The van der Waals surface area contributed by atoms with E-state index < -0.39 is 9.84 Å². The van der Waals surface area contributed by atoms with Crippen LogP contribution in [0.5, 0.6) is 0 Å². The van der Waals surface area contributed by atoms with Gasteiger partial charge in [0.2, 0.25) is 0 Å². The fraction of sp³-hybridized carbons (Fsp3) is 0.0769. The van der Waals surface area contributed by atoms with Gasteiger partial charge in [-0.25, -0.2) is 8.42 Å². The highest BCUT2D eigenvalue weighted by Gasteiger charge is 2.27. The first-order valence-electron chi connectivity index (χ1n) is 5.57. The van der Waals surface area contributed by atoms with Crippen molar-refractivity contribution in [1.29, 1.82) is 0 Å². The Balaban J connectivity index is 3.00. The van der Waals surface area contributed by atoms with E-state index in [9.17, 15) is 8.42 Å². The van der Waals surface area contributed by atoms with Crippen molar-refractivity contribution in [3.05, 3.63) is 48.3 Å². The average molecular weight is 439 g/mol. The Bertz CT molecular complexity index is 877. The van der Waals surface area contributed by atoms with Gasteiger partial charge in [-0.1, -0.05) is 69.6 Å². The van der Waals surface area contributed by atoms with Gasteiger partial charge in [0, 0.05) is 27.4 Å². The highest BCUT2D eigenvalue weighted by atomic mass is 35.5. The summed E-state index contributed by atoms with van der Waals surface area (Å²) in [5, 5.41) is 0.129. The van der Waals surface area contributed by atoms with E-state index in [1.165, 1.54) is 12.1 Å². The molecular weight excluding hydrogens is 433 g/mol. The largest absolute Gasteiger partial charge is 0.224 e. The molecule has 0 saturated heterocycles. The van der Waals surface area contributed by atoms with Gasteiger partial charge in [0.05, 0.1) is 20.1 Å². The Morgan fingerprint density at radius 1 is 0.818 bits per heavy atom. The van der Waals surface area contributed by atoms with Crippen molar-refractivity contribution in [3.8, 4) is 11.1 Å². The number of rotatable bonds is 2. The van der Waals surface area contributed by atoms with Crippen LogP contribution in [0.3, 0.4) is 0 Å². The van der Waals surface area contributed by atoms with Gasteiger partial charge in [-0.2, -0.15) is 0 Å². The number of benzene rings is 2. The zero-order valence-corrected chi connectivity index (χ0v) is 16.1. The van der Waals surface area contributed by atoms with E-state index in [1.807, 2.05) is 0 Å². The fourth-order valence-corrected chi connectivity index (χ4v) is 5.10. The predicted octanol–water partition coefficient (Wildman–Crippen LogP) is 6.68. The first kappa shape index (κ1) is 18.5. The molecule has 0 fully saturated rings. The molecular formula is C13H6Cl6O2S. The number of hydrogen-bond acceptors (Lipinski definition) is 2. The first-order chi connectivity index (χ1) is 10.1. The smallest absolute Gasteiger partial charge is 0.178 e. The molecule has 0 heterocycles. The van der Waals surface area contributed by atoms with E-state index in [0.717, 1.165) is 6.26 Å². The van der Waals surface area contributed by atoms with E-state index in [-0.39, 0.29) is 35.6 Å². The second-order valence-corrected chi connectivity index (χ2v) is 8.66. The van der Waals surface area contributed by atoms with Crippen LogP contribution in [0.25, 0.3) is 11.1 Å². The second kappa shape index (κ2) is 6.56. The summed E-state index contributed by atoms with van der Waals surface area (Å²) in [6.07, 6.45) is 0.966. The molecule has 0 aromatic heterocycles. The molecule has 22 heavy (non-hydrogen) atoms. The van der Waals surface area contributed by atoms with Gasteiger partial charge in [0.25, 0.3) is 0 Å². The third kappa shape index (κ3) is 3.32. The minimum Gasteiger partial charge on any atom is -0.224 e. The summed E-state index contributed by atoms with van der Waals surface area (Å²) < 4.78 is 23.9. The lowest BCUT2D eigenvalue weighted by Gasteiger charge is -2.16. The van der Waals surface area contributed by atoms with E-state index in [2.05, 4.69) is 0 Å². The molecule has 0 aliphatic carbocycles. The Labute approximate surface area is 157 Å². The third-order valence-corrected chi connectivity index (χ3v) is 6.44. The van der Waals surface area contributed by atoms with Crippen molar-refractivity contribution in [2.24, 2.45) is 0 Å². The lowest BCUT2D eigenvalue weighted by Crippen LogP contribution is -2.02. The molecule has 0 atom stereocenters. The maximum atomic E-state index is 11.9. The molecule has 0 radical (unpaired) electrons. The molecule has 0 spiro atoms. The number of sulfone groups is 1. The molecule has 0 amide bonds. The van der Waals surface area contributed by atoms with Gasteiger partial charge in [-0.15, -0.1) is 0 Å². The Morgan fingerprint density at radius 3 is 1.95 bits per heavy atom. The van der Waals surface area contributed by atoms with E-state index in [1.54, 1.807) is 6.07 Å². The van der Waals surface area contributed by atoms with Crippen molar-refractivity contribution in [2.45, 2.75) is 4.90 Å². The Hall–Kier alpha value is 0.130. The van der Waals surface area contributed by atoms with Crippen LogP contribution in [0.4, 0.5) is 0 Å². The maximum absolute atomic E-state index is 11.9. The quantitative estimate of drug-likeness (QED) is 0.387. The number of hydrogen-bond donors (Lipinski definition) is 0. The van der Waals surface area contributed by atoms with Gasteiger partial charge in [-0.05, 0) is 18.2 Å². The fourth-order valence-electron chi connectivity index (χ4n) is 1.86. The molecule has 2 aromatic carbocycles. The van der Waals surface area contributed by atoms with Crippen LogP contribution >= 0.6 is 69.6 Å². The maximum Gasteiger partial charge on any atom is 0.178 e. The predicted molar refractivity (Wildman–Crippen MR) is 95.0 cm³/mol. The lowest BCUT2D eigenvalue weighted by molar-refractivity contribution is 0.602. The zero-order valence-electron chi connectivity index (χ0n) is 10.7. The summed E-state index contributed by atoms with van der Waals surface area (Å²) >= 11 is 36.5. The molecule has 0 bridgehead atoms. The minimum absolute atomic E-state index is 0.00627. The topological polar surface area (TPSA) is 34.1 Å². The van der Waals surface area contributed by atoms with Crippen molar-refractivity contribution < 1.29 is 8.42 Å². The van der Waals surface area contributed by atoms with Gasteiger partial charge >= 0.3 is 0 Å². The van der Waals surface area contributed by atoms with Crippen molar-refractivity contribution in [2.75, 3.05) is 6.26 Å². The lowest BCUT2D eigenvalue weighted by atomic mass is 10.1.